The van der Waals surface area contributed by atoms with E-state index in [1.807, 2.05) is 0 Å². The van der Waals surface area contributed by atoms with Crippen LogP contribution in [0.3, 0.4) is 0 Å². The highest BCUT2D eigenvalue weighted by atomic mass is 19.1. The van der Waals surface area contributed by atoms with Crippen LogP contribution in [0, 0.1) is 47.2 Å². The van der Waals surface area contributed by atoms with E-state index in [2.05, 4.69) is 35.5 Å². The van der Waals surface area contributed by atoms with Gasteiger partial charge in [0.05, 0.1) is 0 Å². The van der Waals surface area contributed by atoms with Crippen LogP contribution < -0.4 is 0 Å². The Morgan fingerprint density at radius 3 is 1.36 bits per heavy atom. The Kier molecular flexibility index (Phi) is 4.98. The van der Waals surface area contributed by atoms with Crippen molar-refractivity contribution >= 4 is 0 Å². The molecule has 0 N–H and O–H groups in total. The van der Waals surface area contributed by atoms with Gasteiger partial charge in [-0.15, -0.1) is 11.8 Å². The standard InChI is InChI=1S/C20H12F2/c1-3-5-15-9-11-19(21)13-17(15)7-8-18-14-20(22)12-10-16(18)6-4-2/h9-14H,1-2H3. The zero-order valence-electron chi connectivity index (χ0n) is 12.2. The molecule has 0 atom stereocenters. The van der Waals surface area contributed by atoms with E-state index < -0.39 is 11.6 Å². The molecule has 0 aliphatic carbocycles. The van der Waals surface area contributed by atoms with Crippen molar-refractivity contribution in [3.63, 3.8) is 0 Å². The van der Waals surface area contributed by atoms with E-state index in [0.29, 0.717) is 22.3 Å². The molecule has 0 unspecified atom stereocenters. The summed E-state index contributed by atoms with van der Waals surface area (Å²) < 4.78 is 26.8. The second-order valence-corrected chi connectivity index (χ2v) is 4.38. The maximum Gasteiger partial charge on any atom is 0.124 e. The number of hydrogen-bond acceptors (Lipinski definition) is 0. The molecule has 2 rings (SSSR count). The maximum atomic E-state index is 13.4. The summed E-state index contributed by atoms with van der Waals surface area (Å²) in [6.07, 6.45) is 0. The van der Waals surface area contributed by atoms with Crippen molar-refractivity contribution in [1.82, 2.24) is 0 Å². The van der Waals surface area contributed by atoms with E-state index in [0.717, 1.165) is 0 Å². The van der Waals surface area contributed by atoms with Gasteiger partial charge in [-0.2, -0.15) is 0 Å². The molecule has 0 amide bonds. The van der Waals surface area contributed by atoms with Crippen LogP contribution in [0.15, 0.2) is 36.4 Å². The second kappa shape index (κ2) is 7.12. The Morgan fingerprint density at radius 2 is 1.00 bits per heavy atom. The molecular formula is C20H12F2. The summed E-state index contributed by atoms with van der Waals surface area (Å²) >= 11 is 0. The van der Waals surface area contributed by atoms with Crippen molar-refractivity contribution in [2.24, 2.45) is 0 Å². The predicted octanol–water partition coefficient (Wildman–Crippen LogP) is 4.11. The molecular weight excluding hydrogens is 278 g/mol. The quantitative estimate of drug-likeness (QED) is 0.641. The fourth-order valence-electron chi connectivity index (χ4n) is 1.86. The first-order valence-corrected chi connectivity index (χ1v) is 6.60. The van der Waals surface area contributed by atoms with E-state index >= 15 is 0 Å². The van der Waals surface area contributed by atoms with Crippen molar-refractivity contribution in [3.8, 4) is 35.5 Å². The third kappa shape index (κ3) is 3.76. The van der Waals surface area contributed by atoms with Gasteiger partial charge < -0.3 is 0 Å². The lowest BCUT2D eigenvalue weighted by atomic mass is 10.0. The molecule has 0 aliphatic rings. The molecule has 0 bridgehead atoms. The lowest BCUT2D eigenvalue weighted by molar-refractivity contribution is 0.626. The normalized spacial score (nSPS) is 8.73. The first-order chi connectivity index (χ1) is 10.6. The summed E-state index contributed by atoms with van der Waals surface area (Å²) in [7, 11) is 0. The molecule has 106 valence electrons. The van der Waals surface area contributed by atoms with Gasteiger partial charge >= 0.3 is 0 Å². The van der Waals surface area contributed by atoms with Gasteiger partial charge in [-0.05, 0) is 50.2 Å². The van der Waals surface area contributed by atoms with Gasteiger partial charge in [0, 0.05) is 22.3 Å². The smallest absolute Gasteiger partial charge is 0.124 e. The first-order valence-electron chi connectivity index (χ1n) is 6.60. The van der Waals surface area contributed by atoms with Crippen molar-refractivity contribution in [2.45, 2.75) is 13.8 Å². The lowest BCUT2D eigenvalue weighted by Crippen LogP contribution is -1.88. The molecule has 0 heterocycles. The van der Waals surface area contributed by atoms with Crippen molar-refractivity contribution < 1.29 is 8.78 Å². The number of benzene rings is 2. The van der Waals surface area contributed by atoms with E-state index in [4.69, 9.17) is 0 Å². The average molecular weight is 290 g/mol. The molecule has 0 nitrogen and oxygen atoms in total. The van der Waals surface area contributed by atoms with E-state index in [1.54, 1.807) is 26.0 Å². The summed E-state index contributed by atoms with van der Waals surface area (Å²) in [5.41, 5.74) is 2.20. The van der Waals surface area contributed by atoms with E-state index in [-0.39, 0.29) is 0 Å². The van der Waals surface area contributed by atoms with Crippen molar-refractivity contribution in [3.05, 3.63) is 70.3 Å². The SMILES string of the molecule is CC#Cc1ccc(F)cc1C#Cc1cc(F)ccc1C#CC. The second-order valence-electron chi connectivity index (χ2n) is 4.38. The summed E-state index contributed by atoms with van der Waals surface area (Å²) in [6.45, 7) is 3.39. The van der Waals surface area contributed by atoms with Crippen LogP contribution in [-0.4, -0.2) is 0 Å². The minimum atomic E-state index is -0.390. The minimum Gasteiger partial charge on any atom is -0.207 e. The van der Waals surface area contributed by atoms with Crippen LogP contribution in [0.25, 0.3) is 0 Å². The molecule has 0 aromatic heterocycles. The fourth-order valence-corrected chi connectivity index (χ4v) is 1.86. The summed E-state index contributed by atoms with van der Waals surface area (Å²) in [6, 6.07) is 8.46. The Labute approximate surface area is 129 Å². The van der Waals surface area contributed by atoms with Crippen LogP contribution in [0.2, 0.25) is 0 Å². The zero-order chi connectivity index (χ0) is 15.9. The summed E-state index contributed by atoms with van der Waals surface area (Å²) in [5, 5.41) is 0. The predicted molar refractivity (Wildman–Crippen MR) is 83.9 cm³/mol. The zero-order valence-corrected chi connectivity index (χ0v) is 12.2. The van der Waals surface area contributed by atoms with Crippen LogP contribution in [0.5, 0.6) is 0 Å². The molecule has 0 radical (unpaired) electrons. The third-order valence-corrected chi connectivity index (χ3v) is 2.81. The molecule has 0 aliphatic heterocycles. The highest BCUT2D eigenvalue weighted by molar-refractivity contribution is 5.56. The summed E-state index contributed by atoms with van der Waals surface area (Å²) in [4.78, 5) is 0. The highest BCUT2D eigenvalue weighted by Crippen LogP contribution is 2.12. The van der Waals surface area contributed by atoms with Crippen molar-refractivity contribution in [2.75, 3.05) is 0 Å². The molecule has 2 aromatic carbocycles. The summed E-state index contributed by atoms with van der Waals surface area (Å²) in [5.74, 6) is 16.2. The van der Waals surface area contributed by atoms with Crippen LogP contribution in [0.4, 0.5) is 8.78 Å². The van der Waals surface area contributed by atoms with Crippen molar-refractivity contribution in [1.29, 1.82) is 0 Å². The Balaban J connectivity index is 2.54. The van der Waals surface area contributed by atoms with Gasteiger partial charge in [-0.25, -0.2) is 8.78 Å². The fraction of sp³-hybridized carbons (Fsp3) is 0.100. The maximum absolute atomic E-state index is 13.4. The molecule has 22 heavy (non-hydrogen) atoms. The molecule has 2 heteroatoms. The number of rotatable bonds is 0. The van der Waals surface area contributed by atoms with Gasteiger partial charge in [0.15, 0.2) is 0 Å². The van der Waals surface area contributed by atoms with E-state index in [9.17, 15) is 8.78 Å². The van der Waals surface area contributed by atoms with E-state index in [1.165, 1.54) is 24.3 Å². The molecule has 0 fully saturated rings. The van der Waals surface area contributed by atoms with Gasteiger partial charge in [-0.3, -0.25) is 0 Å². The Morgan fingerprint density at radius 1 is 0.591 bits per heavy atom. The van der Waals surface area contributed by atoms with Crippen LogP contribution >= 0.6 is 0 Å². The number of hydrogen-bond donors (Lipinski definition) is 0. The average Bonchev–Trinajstić information content (AvgIpc) is 2.50. The van der Waals surface area contributed by atoms with Crippen LogP contribution in [-0.2, 0) is 0 Å². The number of halogens is 2. The molecule has 0 saturated carbocycles. The first kappa shape index (κ1) is 15.4. The topological polar surface area (TPSA) is 0 Å². The third-order valence-electron chi connectivity index (χ3n) is 2.81. The molecule has 0 spiro atoms. The Bertz CT molecular complexity index is 815. The van der Waals surface area contributed by atoms with Crippen LogP contribution in [0.1, 0.15) is 36.1 Å². The minimum absolute atomic E-state index is 0.390. The Hall–Kier alpha value is -3.02. The van der Waals surface area contributed by atoms with Gasteiger partial charge in [0.25, 0.3) is 0 Å². The van der Waals surface area contributed by atoms with Gasteiger partial charge in [0.1, 0.15) is 11.6 Å². The molecule has 0 saturated heterocycles. The largest absolute Gasteiger partial charge is 0.207 e. The van der Waals surface area contributed by atoms with Gasteiger partial charge in [-0.1, -0.05) is 23.7 Å². The lowest BCUT2D eigenvalue weighted by Gasteiger charge is -1.99. The van der Waals surface area contributed by atoms with Gasteiger partial charge in [0.2, 0.25) is 0 Å². The molecule has 2 aromatic rings. The highest BCUT2D eigenvalue weighted by Gasteiger charge is 2.02. The monoisotopic (exact) mass is 290 g/mol.